The zero-order chi connectivity index (χ0) is 101. The first kappa shape index (κ1) is 114. The third kappa shape index (κ3) is 41.3. The molecule has 0 bridgehead atoms. The number of hydrogen-bond acceptors (Lipinski definition) is 31. The highest BCUT2D eigenvalue weighted by atomic mass is 33.1. The van der Waals surface area contributed by atoms with E-state index in [2.05, 4.69) is 79.8 Å². The molecule has 51 nitrogen and oxygen atoms in total. The second kappa shape index (κ2) is 58.5. The van der Waals surface area contributed by atoms with Gasteiger partial charge in [-0.3, -0.25) is 92.3 Å². The highest BCUT2D eigenvalue weighted by molar-refractivity contribution is 8.76. The highest BCUT2D eigenvalue weighted by Crippen LogP contribution is 2.25. The van der Waals surface area contributed by atoms with Crippen LogP contribution < -0.4 is 119 Å². The van der Waals surface area contributed by atoms with Crippen molar-refractivity contribution in [2.24, 2.45) is 40.5 Å². The van der Waals surface area contributed by atoms with Crippen molar-refractivity contribution >= 4 is 140 Å². The molecular formula is C82H124N24O27S2. The summed E-state index contributed by atoms with van der Waals surface area (Å²) in [5, 5.41) is 147. The van der Waals surface area contributed by atoms with Crippen LogP contribution in [0.3, 0.4) is 0 Å². The lowest BCUT2D eigenvalue weighted by atomic mass is 9.99. The van der Waals surface area contributed by atoms with Gasteiger partial charge in [-0.05, 0) is 123 Å². The molecule has 135 heavy (non-hydrogen) atoms. The van der Waals surface area contributed by atoms with E-state index in [1.165, 1.54) is 86.6 Å². The van der Waals surface area contributed by atoms with E-state index >= 15 is 19.2 Å². The lowest BCUT2D eigenvalue weighted by Crippen LogP contribution is -2.62. The van der Waals surface area contributed by atoms with Crippen LogP contribution in [-0.4, -0.2) is 319 Å². The average molecular weight is 1940 g/mol. The van der Waals surface area contributed by atoms with E-state index in [1.807, 2.05) is 10.6 Å². The van der Waals surface area contributed by atoms with Crippen LogP contribution in [0.25, 0.3) is 0 Å². The molecule has 38 N–H and O–H groups in total. The van der Waals surface area contributed by atoms with E-state index in [1.54, 1.807) is 13.8 Å². The number of aliphatic carboxylic acids is 2. The predicted molar refractivity (Wildman–Crippen MR) is 485 cm³/mol. The Morgan fingerprint density at radius 2 is 0.778 bits per heavy atom. The van der Waals surface area contributed by atoms with Crippen LogP contribution in [-0.2, 0) is 106 Å². The Hall–Kier alpha value is -13.5. The first-order valence-corrected chi connectivity index (χ1v) is 45.2. The van der Waals surface area contributed by atoms with E-state index in [-0.39, 0.29) is 99.4 Å². The number of primary amides is 1. The summed E-state index contributed by atoms with van der Waals surface area (Å²) in [7, 11) is 1.59. The number of carbonyl (C=O) groups is 18. The van der Waals surface area contributed by atoms with Crippen molar-refractivity contribution in [2.45, 2.75) is 208 Å². The number of carboxylic acid groups (broad SMARTS) is 2. The number of aliphatic hydroxyl groups is 4. The molecule has 0 unspecified atom stereocenters. The number of guanidine groups is 2. The number of aromatic hydroxyl groups is 3. The number of nitrogens with two attached hydrogens (primary N) is 5. The Kier molecular flexibility index (Phi) is 49.3. The highest BCUT2D eigenvalue weighted by Gasteiger charge is 2.41. The van der Waals surface area contributed by atoms with Crippen molar-refractivity contribution in [1.82, 2.24) is 90.4 Å². The van der Waals surface area contributed by atoms with Gasteiger partial charge in [0, 0.05) is 43.9 Å². The van der Waals surface area contributed by atoms with Gasteiger partial charge in [0.15, 0.2) is 11.9 Å². The minimum Gasteiger partial charge on any atom is -0.508 e. The van der Waals surface area contributed by atoms with Gasteiger partial charge in [0.05, 0.1) is 45.3 Å². The number of carboxylic acids is 2. The monoisotopic (exact) mass is 1940 g/mol. The molecule has 1 saturated heterocycles. The number of nitrogens with one attached hydrogen (secondary N) is 19. The number of aliphatic hydroxyl groups excluding tert-OH is 4. The molecule has 1 fully saturated rings. The zero-order valence-electron chi connectivity index (χ0n) is 74.5. The Balaban J connectivity index is 1.93. The molecule has 0 aliphatic carbocycles. The number of hydrogen-bond donors (Lipinski definition) is 33. The predicted octanol–water partition coefficient (Wildman–Crippen LogP) is -10.4. The van der Waals surface area contributed by atoms with Gasteiger partial charge in [0.2, 0.25) is 94.5 Å². The lowest BCUT2D eigenvalue weighted by molar-refractivity contribution is -0.143. The number of rotatable bonds is 40. The second-order valence-electron chi connectivity index (χ2n) is 32.1. The number of amides is 16. The van der Waals surface area contributed by atoms with Gasteiger partial charge in [-0.15, -0.1) is 0 Å². The average Bonchev–Trinajstić information content (AvgIpc) is 0.907. The normalized spacial score (nSPS) is 21.4. The van der Waals surface area contributed by atoms with Crippen LogP contribution in [0, 0.1) is 22.7 Å². The Morgan fingerprint density at radius 3 is 1.19 bits per heavy atom. The van der Waals surface area contributed by atoms with Crippen molar-refractivity contribution in [3.8, 4) is 17.2 Å². The number of carbonyl (C=O) groups excluding carboxylic acids is 16. The summed E-state index contributed by atoms with van der Waals surface area (Å²) in [6.07, 6.45) is -4.61. The Morgan fingerprint density at radius 1 is 0.422 bits per heavy atom. The fraction of sp³-hybridized carbons (Fsp3) is 0.537. The molecule has 1 heterocycles. The molecule has 0 saturated carbocycles. The summed E-state index contributed by atoms with van der Waals surface area (Å²) in [4.78, 5) is 255. The van der Waals surface area contributed by atoms with Crippen LogP contribution in [0.2, 0.25) is 0 Å². The molecule has 0 aromatic heterocycles. The summed E-state index contributed by atoms with van der Waals surface area (Å²) in [6, 6.07) is -14.0. The van der Waals surface area contributed by atoms with Gasteiger partial charge >= 0.3 is 11.9 Å². The molecule has 4 rings (SSSR count). The molecule has 1 aliphatic rings. The maximum absolute atomic E-state index is 15.3. The fourth-order valence-corrected chi connectivity index (χ4v) is 15.2. The molecule has 3 aromatic carbocycles. The van der Waals surface area contributed by atoms with Crippen LogP contribution in [0.1, 0.15) is 109 Å². The van der Waals surface area contributed by atoms with E-state index < -0.39 is 297 Å². The maximum atomic E-state index is 15.3. The first-order chi connectivity index (χ1) is 63.8. The number of unbranched alkanes of at least 4 members (excludes halogenated alkanes) is 1. The number of phenols is 3. The summed E-state index contributed by atoms with van der Waals surface area (Å²) >= 11 is 0. The minimum absolute atomic E-state index is 0.00719. The van der Waals surface area contributed by atoms with Crippen LogP contribution >= 0.6 is 21.6 Å². The van der Waals surface area contributed by atoms with Crippen molar-refractivity contribution in [1.29, 1.82) is 10.8 Å². The molecular weight excluding hydrogens is 1820 g/mol. The van der Waals surface area contributed by atoms with Crippen molar-refractivity contribution in [3.63, 3.8) is 0 Å². The molecule has 16 atom stereocenters. The topological polar surface area (TPSA) is 872 Å². The summed E-state index contributed by atoms with van der Waals surface area (Å²) in [6.45, 7) is 1.10. The Bertz CT molecular complexity index is 4570. The minimum atomic E-state index is -2.23. The van der Waals surface area contributed by atoms with Crippen LogP contribution in [0.4, 0.5) is 0 Å². The number of phenolic OH excluding ortho intramolecular Hbond substituents is 3. The largest absolute Gasteiger partial charge is 0.508 e. The van der Waals surface area contributed by atoms with Crippen molar-refractivity contribution in [3.05, 3.63) is 89.5 Å². The van der Waals surface area contributed by atoms with Gasteiger partial charge in [-0.25, -0.2) is 4.79 Å². The smallest absolute Gasteiger partial charge is 0.328 e. The summed E-state index contributed by atoms with van der Waals surface area (Å²) < 4.78 is 0. The summed E-state index contributed by atoms with van der Waals surface area (Å²) in [5.74, 6) is -27.1. The fourth-order valence-electron chi connectivity index (χ4n) is 12.9. The zero-order valence-corrected chi connectivity index (χ0v) is 76.1. The number of benzene rings is 3. The van der Waals surface area contributed by atoms with Gasteiger partial charge < -0.3 is 165 Å². The molecule has 1 aliphatic heterocycles. The molecule has 0 spiro atoms. The molecule has 16 amide bonds. The lowest BCUT2D eigenvalue weighted by Gasteiger charge is -2.29. The molecule has 746 valence electrons. The van der Waals surface area contributed by atoms with Gasteiger partial charge in [-0.1, -0.05) is 85.7 Å². The molecule has 3 aromatic rings. The quantitative estimate of drug-likeness (QED) is 0.0109. The molecule has 53 heteroatoms. The van der Waals surface area contributed by atoms with Gasteiger partial charge in [0.1, 0.15) is 108 Å². The van der Waals surface area contributed by atoms with E-state index in [9.17, 15) is 113 Å². The third-order valence-electron chi connectivity index (χ3n) is 20.3. The van der Waals surface area contributed by atoms with E-state index in [0.717, 1.165) is 21.6 Å². The summed E-state index contributed by atoms with van der Waals surface area (Å²) in [5.41, 5.74) is 29.7. The maximum Gasteiger partial charge on any atom is 0.328 e. The standard InChI is InChI=1S/C82H124N24O27S2/c1-39(2)27-51-69(121)105-61(78(130)94-48(9-5-6-24-83)66(118)92-49(10-7-25-90-81(86)87)67(119)96-53(29-42-14-20-45(112)21-15-42)70(122)93-50(11-8-26-91-82(88)89)68(120)104-60(36-110)80(132)133)38-135-134-37-47(84)65(117)95-52(28-41-12-18-44(111)19-13-41)71(123)97-54(30-43-16-22-46(113)23-17-43)72(124)99-56(32-63(115)116)74(126)98-55(31-62(85)114)73(125)101-57(33-107)75(127)102-58(34-108)76(128)103-59(35-109)77(129)106-64(40(3)4)79(131)100-51/h12-23,39-40,47-61,64,107-113H,5-11,24-38,83-84H2,1-4H3,(H2,85,114)(H,92,118)(H,93,122)(H,94,130)(H,95,117)(H,96,119)(H,97,123)(H,98,126)(H,99,124)(H,100,131)(H,101,125)(H,102,127)(H,103,128)(H,104,120)(H,105,121)(H,106,129)(H,115,116)(H,132,133)(H4,86,87,90)(H4,88,89,91)/t47-,48-,49-,50-,51-,52-,53-,54-,55-,56-,57-,58-,59-,60-,61-,64-/m0/s1. The van der Waals surface area contributed by atoms with Crippen LogP contribution in [0.5, 0.6) is 17.2 Å². The van der Waals surface area contributed by atoms with Gasteiger partial charge in [-0.2, -0.15) is 0 Å². The first-order valence-electron chi connectivity index (χ1n) is 42.7. The van der Waals surface area contributed by atoms with E-state index in [4.69, 9.17) is 39.5 Å². The SMILES string of the molecule is CC(C)C[C@@H]1NC(=O)[C@H](C(C)C)NC(=O)[C@H](CO)NC(=O)[C@H](CO)NC(=O)[C@H](CO)NC(=O)[C@H](CC(N)=O)NC(=O)[C@H](CC(=O)O)NC(=O)[C@H](Cc2ccc(O)cc2)NC(=O)[C@H](Cc2ccc(O)cc2)NC(=O)[C@@H](N)CSSC[C@@H](C(=O)N[C@@H](CCCCN)C(=O)N[C@@H](CCCNC(=N)N)C(=O)N[C@@H](Cc2ccc(O)cc2)C(=O)N[C@@H](CCCNC(=N)N)C(=O)N[C@@H](CO)C(=O)O)NC1=O. The van der Waals surface area contributed by atoms with Crippen molar-refractivity contribution in [2.75, 3.05) is 57.6 Å². The third-order valence-corrected chi connectivity index (χ3v) is 22.7. The van der Waals surface area contributed by atoms with Gasteiger partial charge in [0.25, 0.3) is 0 Å². The molecule has 0 radical (unpaired) electrons. The second-order valence-corrected chi connectivity index (χ2v) is 34.6. The van der Waals surface area contributed by atoms with Crippen molar-refractivity contribution < 1.29 is 132 Å². The van der Waals surface area contributed by atoms with E-state index in [0.29, 0.717) is 5.56 Å². The van der Waals surface area contributed by atoms with Crippen LogP contribution in [0.15, 0.2) is 72.8 Å². The Labute approximate surface area is 782 Å².